The summed E-state index contributed by atoms with van der Waals surface area (Å²) in [6, 6.07) is 11.1. The number of aromatic nitrogens is 3. The fourth-order valence-corrected chi connectivity index (χ4v) is 4.78. The zero-order valence-corrected chi connectivity index (χ0v) is 23.9. The number of carbonyl (C=O) groups is 1. The van der Waals surface area contributed by atoms with Crippen LogP contribution < -0.4 is 20.5 Å². The molecular formula is C29H38N6O6. The lowest BCUT2D eigenvalue weighted by Crippen LogP contribution is -2.24. The van der Waals surface area contributed by atoms with Crippen LogP contribution in [0.15, 0.2) is 48.7 Å². The molecule has 1 aliphatic carbocycles. The zero-order chi connectivity index (χ0) is 29.6. The maximum absolute atomic E-state index is 12.3. The van der Waals surface area contributed by atoms with Crippen LogP contribution in [0, 0.1) is 10.1 Å². The molecule has 3 N–H and O–H groups in total. The Morgan fingerprint density at radius 3 is 2.66 bits per heavy atom. The quantitative estimate of drug-likeness (QED) is 0.121. The third kappa shape index (κ3) is 8.16. The van der Waals surface area contributed by atoms with Crippen molar-refractivity contribution in [2.45, 2.75) is 83.5 Å². The number of non-ortho nitro benzene ring substituents is 1. The normalized spacial score (nSPS) is 17.6. The van der Waals surface area contributed by atoms with Crippen molar-refractivity contribution >= 4 is 23.3 Å². The topological polar surface area (TPSA) is 157 Å². The van der Waals surface area contributed by atoms with E-state index in [2.05, 4.69) is 31.1 Å². The Bertz CT molecular complexity index is 1340. The smallest absolute Gasteiger partial charge is 0.475 e. The Labute approximate surface area is 239 Å². The molecule has 0 saturated heterocycles. The van der Waals surface area contributed by atoms with Crippen molar-refractivity contribution in [3.8, 4) is 11.6 Å². The molecule has 3 atom stereocenters. The van der Waals surface area contributed by atoms with Gasteiger partial charge in [-0.15, -0.1) is 0 Å². The molecule has 0 bridgehead atoms. The minimum atomic E-state index is -0.833. The minimum absolute atomic E-state index is 0.0111. The van der Waals surface area contributed by atoms with E-state index in [9.17, 15) is 14.9 Å². The van der Waals surface area contributed by atoms with Crippen LogP contribution >= 0.6 is 0 Å². The number of nitrogens with one attached hydrogen (secondary N) is 1. The molecule has 0 amide bonds. The van der Waals surface area contributed by atoms with Crippen molar-refractivity contribution in [2.75, 3.05) is 11.9 Å². The molecule has 0 spiro atoms. The van der Waals surface area contributed by atoms with Gasteiger partial charge in [0, 0.05) is 42.1 Å². The number of hydrogen-bond acceptors (Lipinski definition) is 10. The van der Waals surface area contributed by atoms with E-state index in [1.165, 1.54) is 24.3 Å². The van der Waals surface area contributed by atoms with Gasteiger partial charge in [0.05, 0.1) is 22.3 Å². The lowest BCUT2D eigenvalue weighted by molar-refractivity contribution is -0.384. The Balaban J connectivity index is 1.39. The average Bonchev–Trinajstić information content (AvgIpc) is 3.55. The number of nitro groups is 1. The van der Waals surface area contributed by atoms with Crippen LogP contribution in [0.2, 0.25) is 0 Å². The van der Waals surface area contributed by atoms with E-state index in [4.69, 9.17) is 25.0 Å². The Kier molecular flexibility index (Phi) is 9.43. The molecule has 0 aliphatic heterocycles. The monoisotopic (exact) mass is 566 g/mol. The van der Waals surface area contributed by atoms with Crippen LogP contribution in [0.5, 0.6) is 11.6 Å². The Morgan fingerprint density at radius 1 is 1.22 bits per heavy atom. The standard InChI is InChI=1S/C29H38N6O6/c1-19(6-5-14-30)39-27-17-21(13-15-31-27)32-26-18-25(33-34(26)29(2,3)4)20-7-10-24(16-20)41-28(36)40-23-11-8-22(9-12-23)35(37)38/h8-9,11-13,15,17-20,24H,5-7,10,14,16,30H2,1-4H3,(H,31,32)/t19?,20-,24+/m0/s1. The zero-order valence-electron chi connectivity index (χ0n) is 23.9. The summed E-state index contributed by atoms with van der Waals surface area (Å²) >= 11 is 0. The summed E-state index contributed by atoms with van der Waals surface area (Å²) in [7, 11) is 0. The maximum Gasteiger partial charge on any atom is 0.514 e. The number of rotatable bonds is 11. The van der Waals surface area contributed by atoms with Crippen LogP contribution in [0.25, 0.3) is 0 Å². The summed E-state index contributed by atoms with van der Waals surface area (Å²) in [5, 5.41) is 19.2. The molecule has 2 aromatic heterocycles. The molecule has 220 valence electrons. The number of anilines is 2. The number of nitrogens with two attached hydrogens (primary N) is 1. The molecule has 1 fully saturated rings. The predicted octanol–water partition coefficient (Wildman–Crippen LogP) is 6.04. The molecule has 1 aliphatic rings. The first-order chi connectivity index (χ1) is 19.5. The van der Waals surface area contributed by atoms with E-state index < -0.39 is 11.1 Å². The molecule has 1 unspecified atom stereocenters. The summed E-state index contributed by atoms with van der Waals surface area (Å²) in [5.41, 5.74) is 6.99. The fraction of sp³-hybridized carbons (Fsp3) is 0.483. The predicted molar refractivity (Wildman–Crippen MR) is 154 cm³/mol. The molecule has 1 aromatic carbocycles. The number of nitrogens with zero attached hydrogens (tertiary/aromatic N) is 4. The van der Waals surface area contributed by atoms with Crippen molar-refractivity contribution in [1.82, 2.24) is 14.8 Å². The number of hydrogen-bond donors (Lipinski definition) is 2. The van der Waals surface area contributed by atoms with Crippen LogP contribution in [-0.2, 0) is 10.3 Å². The van der Waals surface area contributed by atoms with Gasteiger partial charge in [-0.05, 0) is 84.5 Å². The summed E-state index contributed by atoms with van der Waals surface area (Å²) in [6.07, 6.45) is 4.42. The van der Waals surface area contributed by atoms with Crippen molar-refractivity contribution in [3.63, 3.8) is 0 Å². The molecule has 0 radical (unpaired) electrons. The van der Waals surface area contributed by atoms with E-state index in [0.29, 0.717) is 25.3 Å². The summed E-state index contributed by atoms with van der Waals surface area (Å²) < 4.78 is 18.7. The van der Waals surface area contributed by atoms with Gasteiger partial charge in [-0.1, -0.05) is 0 Å². The number of ether oxygens (including phenoxy) is 3. The second kappa shape index (κ2) is 13.0. The maximum atomic E-state index is 12.3. The van der Waals surface area contributed by atoms with Gasteiger partial charge in [0.2, 0.25) is 5.88 Å². The van der Waals surface area contributed by atoms with Gasteiger partial charge in [0.25, 0.3) is 5.69 Å². The van der Waals surface area contributed by atoms with Crippen LogP contribution in [-0.4, -0.2) is 44.6 Å². The van der Waals surface area contributed by atoms with Crippen LogP contribution in [0.3, 0.4) is 0 Å². The van der Waals surface area contributed by atoms with Gasteiger partial charge in [-0.25, -0.2) is 14.5 Å². The lowest BCUT2D eigenvalue weighted by atomic mass is 10.0. The molecule has 1 saturated carbocycles. The molecule has 3 aromatic rings. The molecule has 12 heteroatoms. The largest absolute Gasteiger partial charge is 0.514 e. The van der Waals surface area contributed by atoms with E-state index in [-0.39, 0.29) is 35.1 Å². The van der Waals surface area contributed by atoms with E-state index >= 15 is 0 Å². The van der Waals surface area contributed by atoms with Crippen molar-refractivity contribution < 1.29 is 23.9 Å². The summed E-state index contributed by atoms with van der Waals surface area (Å²) in [6.45, 7) is 8.89. The van der Waals surface area contributed by atoms with Crippen molar-refractivity contribution in [3.05, 3.63) is 64.5 Å². The molecular weight excluding hydrogens is 528 g/mol. The third-order valence-corrected chi connectivity index (χ3v) is 6.82. The Morgan fingerprint density at radius 2 is 1.98 bits per heavy atom. The Hall–Kier alpha value is -4.19. The van der Waals surface area contributed by atoms with Gasteiger partial charge >= 0.3 is 6.16 Å². The van der Waals surface area contributed by atoms with Gasteiger partial charge < -0.3 is 25.3 Å². The highest BCUT2D eigenvalue weighted by atomic mass is 16.7. The summed E-state index contributed by atoms with van der Waals surface area (Å²) in [5.74, 6) is 1.67. The molecule has 12 nitrogen and oxygen atoms in total. The van der Waals surface area contributed by atoms with Crippen molar-refractivity contribution in [2.24, 2.45) is 5.73 Å². The first kappa shape index (κ1) is 29.8. The number of carbonyl (C=O) groups excluding carboxylic acids is 1. The number of pyridine rings is 1. The lowest BCUT2D eigenvalue weighted by Gasteiger charge is -2.23. The second-order valence-corrected chi connectivity index (χ2v) is 11.3. The summed E-state index contributed by atoms with van der Waals surface area (Å²) in [4.78, 5) is 27.0. The van der Waals surface area contributed by atoms with Gasteiger partial charge in [-0.2, -0.15) is 5.10 Å². The minimum Gasteiger partial charge on any atom is -0.475 e. The van der Waals surface area contributed by atoms with E-state index in [1.54, 1.807) is 6.20 Å². The molecule has 4 rings (SSSR count). The highest BCUT2D eigenvalue weighted by molar-refractivity contribution is 5.64. The van der Waals surface area contributed by atoms with Crippen LogP contribution in [0.4, 0.5) is 22.0 Å². The average molecular weight is 567 g/mol. The number of nitro benzene ring substituents is 1. The highest BCUT2D eigenvalue weighted by Gasteiger charge is 2.32. The van der Waals surface area contributed by atoms with Gasteiger partial charge in [0.1, 0.15) is 17.7 Å². The molecule has 2 heterocycles. The van der Waals surface area contributed by atoms with E-state index in [0.717, 1.165) is 36.5 Å². The number of benzene rings is 1. The van der Waals surface area contributed by atoms with Crippen LogP contribution in [0.1, 0.15) is 71.4 Å². The highest BCUT2D eigenvalue weighted by Crippen LogP contribution is 2.38. The fourth-order valence-electron chi connectivity index (χ4n) is 4.78. The third-order valence-electron chi connectivity index (χ3n) is 6.82. The second-order valence-electron chi connectivity index (χ2n) is 11.3. The van der Waals surface area contributed by atoms with E-state index in [1.807, 2.05) is 29.8 Å². The van der Waals surface area contributed by atoms with Gasteiger partial charge in [0.15, 0.2) is 0 Å². The SMILES string of the molecule is CC(CCCN)Oc1cc(Nc2cc([C@H]3CC[C@@H](OC(=O)Oc4ccc([N+](=O)[O-])cc4)C3)nn2C(C)(C)C)ccn1. The first-order valence-corrected chi connectivity index (χ1v) is 13.8. The molecule has 41 heavy (non-hydrogen) atoms. The first-order valence-electron chi connectivity index (χ1n) is 13.8. The van der Waals surface area contributed by atoms with Gasteiger partial charge in [-0.3, -0.25) is 10.1 Å². The van der Waals surface area contributed by atoms with Crippen molar-refractivity contribution in [1.29, 1.82) is 0 Å².